The molecule has 0 saturated carbocycles. The smallest absolute Gasteiger partial charge is 0.229 e. The molecule has 1 heterocycles. The average molecular weight is 268 g/mol. The van der Waals surface area contributed by atoms with E-state index >= 15 is 0 Å². The Hall–Kier alpha value is -1.43. The SMILES string of the molecule is COC(CN)Cc1nc(-c2ccc(Cl)cc2)no1. The van der Waals surface area contributed by atoms with Crippen LogP contribution in [0.15, 0.2) is 28.8 Å². The molecular weight excluding hydrogens is 254 g/mol. The van der Waals surface area contributed by atoms with Gasteiger partial charge in [0, 0.05) is 24.2 Å². The molecule has 1 atom stereocenters. The molecule has 0 amide bonds. The number of methoxy groups -OCH3 is 1. The Labute approximate surface area is 110 Å². The lowest BCUT2D eigenvalue weighted by Gasteiger charge is -2.08. The highest BCUT2D eigenvalue weighted by atomic mass is 35.5. The van der Waals surface area contributed by atoms with Crippen molar-refractivity contribution in [1.29, 1.82) is 0 Å². The zero-order valence-electron chi connectivity index (χ0n) is 9.97. The number of halogens is 1. The maximum absolute atomic E-state index is 5.82. The summed E-state index contributed by atoms with van der Waals surface area (Å²) in [6, 6.07) is 7.25. The fourth-order valence-corrected chi connectivity index (χ4v) is 1.64. The van der Waals surface area contributed by atoms with Gasteiger partial charge < -0.3 is 15.0 Å². The van der Waals surface area contributed by atoms with Gasteiger partial charge >= 0.3 is 0 Å². The standard InChI is InChI=1S/C12H14ClN3O2/c1-17-10(7-14)6-11-15-12(16-18-11)8-2-4-9(13)5-3-8/h2-5,10H,6-7,14H2,1H3. The molecule has 2 N–H and O–H groups in total. The molecule has 0 spiro atoms. The molecule has 0 fully saturated rings. The first-order valence-electron chi connectivity index (χ1n) is 5.54. The van der Waals surface area contributed by atoms with Gasteiger partial charge in [0.25, 0.3) is 0 Å². The topological polar surface area (TPSA) is 74.2 Å². The Morgan fingerprint density at radius 1 is 1.39 bits per heavy atom. The van der Waals surface area contributed by atoms with Crippen molar-refractivity contribution in [1.82, 2.24) is 10.1 Å². The summed E-state index contributed by atoms with van der Waals surface area (Å²) in [5.74, 6) is 1.05. The van der Waals surface area contributed by atoms with E-state index in [2.05, 4.69) is 10.1 Å². The molecule has 2 aromatic rings. The van der Waals surface area contributed by atoms with E-state index in [0.717, 1.165) is 5.56 Å². The summed E-state index contributed by atoms with van der Waals surface area (Å²) in [5.41, 5.74) is 6.39. The van der Waals surface area contributed by atoms with E-state index < -0.39 is 0 Å². The first-order chi connectivity index (χ1) is 8.72. The third-order valence-corrected chi connectivity index (χ3v) is 2.82. The third-order valence-electron chi connectivity index (χ3n) is 2.57. The maximum atomic E-state index is 5.82. The molecule has 0 aliphatic rings. The summed E-state index contributed by atoms with van der Waals surface area (Å²) in [6.45, 7) is 0.412. The number of nitrogens with zero attached hydrogens (tertiary/aromatic N) is 2. The van der Waals surface area contributed by atoms with E-state index in [4.69, 9.17) is 26.6 Å². The normalized spacial score (nSPS) is 12.6. The summed E-state index contributed by atoms with van der Waals surface area (Å²) < 4.78 is 10.3. The van der Waals surface area contributed by atoms with Crippen LogP contribution in [0.2, 0.25) is 5.02 Å². The molecule has 0 aliphatic heterocycles. The Morgan fingerprint density at radius 3 is 2.72 bits per heavy atom. The number of hydrogen-bond acceptors (Lipinski definition) is 5. The molecule has 0 bridgehead atoms. The molecule has 5 nitrogen and oxygen atoms in total. The Bertz CT molecular complexity index is 494. The van der Waals surface area contributed by atoms with Gasteiger partial charge in [-0.15, -0.1) is 0 Å². The molecule has 1 aromatic heterocycles. The summed E-state index contributed by atoms with van der Waals surface area (Å²) in [7, 11) is 1.61. The van der Waals surface area contributed by atoms with Crippen molar-refractivity contribution in [2.75, 3.05) is 13.7 Å². The lowest BCUT2D eigenvalue weighted by molar-refractivity contribution is 0.102. The van der Waals surface area contributed by atoms with Gasteiger partial charge in [0.05, 0.1) is 12.5 Å². The monoisotopic (exact) mass is 267 g/mol. The minimum atomic E-state index is -0.108. The lowest BCUT2D eigenvalue weighted by atomic mass is 10.2. The van der Waals surface area contributed by atoms with Crippen molar-refractivity contribution in [3.05, 3.63) is 35.2 Å². The molecule has 2 rings (SSSR count). The van der Waals surface area contributed by atoms with Crippen molar-refractivity contribution in [3.63, 3.8) is 0 Å². The van der Waals surface area contributed by atoms with Crippen LogP contribution in [-0.4, -0.2) is 29.9 Å². The summed E-state index contributed by atoms with van der Waals surface area (Å²) >= 11 is 5.82. The first kappa shape index (κ1) is 13.0. The van der Waals surface area contributed by atoms with Crippen LogP contribution in [0.3, 0.4) is 0 Å². The third kappa shape index (κ3) is 3.07. The molecule has 0 radical (unpaired) electrons. The number of aromatic nitrogens is 2. The van der Waals surface area contributed by atoms with Crippen LogP contribution in [0.4, 0.5) is 0 Å². The van der Waals surface area contributed by atoms with Crippen LogP contribution in [-0.2, 0) is 11.2 Å². The zero-order chi connectivity index (χ0) is 13.0. The largest absolute Gasteiger partial charge is 0.380 e. The van der Waals surface area contributed by atoms with Crippen molar-refractivity contribution in [2.45, 2.75) is 12.5 Å². The van der Waals surface area contributed by atoms with Gasteiger partial charge in [-0.25, -0.2) is 0 Å². The molecule has 0 saturated heterocycles. The van der Waals surface area contributed by atoms with Gasteiger partial charge in [0.1, 0.15) is 0 Å². The maximum Gasteiger partial charge on any atom is 0.229 e. The minimum absolute atomic E-state index is 0.108. The van der Waals surface area contributed by atoms with E-state index in [-0.39, 0.29) is 6.10 Å². The Balaban J connectivity index is 2.12. The lowest BCUT2D eigenvalue weighted by Crippen LogP contribution is -2.24. The Morgan fingerprint density at radius 2 is 2.11 bits per heavy atom. The number of benzene rings is 1. The van der Waals surface area contributed by atoms with E-state index in [1.54, 1.807) is 19.2 Å². The fraction of sp³-hybridized carbons (Fsp3) is 0.333. The van der Waals surface area contributed by atoms with Gasteiger partial charge in [-0.1, -0.05) is 16.8 Å². The van der Waals surface area contributed by atoms with E-state index in [0.29, 0.717) is 29.7 Å². The molecule has 1 aromatic carbocycles. The quantitative estimate of drug-likeness (QED) is 0.896. The van der Waals surface area contributed by atoms with Gasteiger partial charge in [-0.05, 0) is 24.3 Å². The summed E-state index contributed by atoms with van der Waals surface area (Å²) in [4.78, 5) is 4.29. The highest BCUT2D eigenvalue weighted by Crippen LogP contribution is 2.19. The van der Waals surface area contributed by atoms with Crippen molar-refractivity contribution in [3.8, 4) is 11.4 Å². The van der Waals surface area contributed by atoms with Crippen LogP contribution in [0, 0.1) is 0 Å². The highest BCUT2D eigenvalue weighted by molar-refractivity contribution is 6.30. The molecule has 1 unspecified atom stereocenters. The van der Waals surface area contributed by atoms with Gasteiger partial charge in [0.15, 0.2) is 0 Å². The van der Waals surface area contributed by atoms with Crippen molar-refractivity contribution in [2.24, 2.45) is 5.73 Å². The van der Waals surface area contributed by atoms with Gasteiger partial charge in [0.2, 0.25) is 11.7 Å². The highest BCUT2D eigenvalue weighted by Gasteiger charge is 2.13. The van der Waals surface area contributed by atoms with E-state index in [9.17, 15) is 0 Å². The fourth-order valence-electron chi connectivity index (χ4n) is 1.51. The number of rotatable bonds is 5. The van der Waals surface area contributed by atoms with Crippen LogP contribution in [0.25, 0.3) is 11.4 Å². The van der Waals surface area contributed by atoms with Gasteiger partial charge in [-0.2, -0.15) is 4.98 Å². The predicted octanol–water partition coefficient (Wildman–Crippen LogP) is 1.91. The summed E-state index contributed by atoms with van der Waals surface area (Å²) in [6.07, 6.45) is 0.400. The molecular formula is C12H14ClN3O2. The number of hydrogen-bond donors (Lipinski definition) is 1. The zero-order valence-corrected chi connectivity index (χ0v) is 10.7. The van der Waals surface area contributed by atoms with Crippen LogP contribution < -0.4 is 5.73 Å². The van der Waals surface area contributed by atoms with Gasteiger partial charge in [-0.3, -0.25) is 0 Å². The van der Waals surface area contributed by atoms with Crippen molar-refractivity contribution < 1.29 is 9.26 Å². The van der Waals surface area contributed by atoms with E-state index in [1.165, 1.54) is 0 Å². The molecule has 18 heavy (non-hydrogen) atoms. The second-order valence-electron chi connectivity index (χ2n) is 3.82. The van der Waals surface area contributed by atoms with Crippen LogP contribution in [0.5, 0.6) is 0 Å². The van der Waals surface area contributed by atoms with Crippen LogP contribution in [0.1, 0.15) is 5.89 Å². The first-order valence-corrected chi connectivity index (χ1v) is 5.92. The van der Waals surface area contributed by atoms with Crippen LogP contribution >= 0.6 is 11.6 Å². The summed E-state index contributed by atoms with van der Waals surface area (Å²) in [5, 5.41) is 4.58. The number of ether oxygens (including phenoxy) is 1. The molecule has 6 heteroatoms. The Kier molecular flexibility index (Phi) is 4.30. The average Bonchev–Trinajstić information content (AvgIpc) is 2.85. The minimum Gasteiger partial charge on any atom is -0.380 e. The molecule has 0 aliphatic carbocycles. The predicted molar refractivity (Wildman–Crippen MR) is 68.3 cm³/mol. The second kappa shape index (κ2) is 5.95. The van der Waals surface area contributed by atoms with Crippen molar-refractivity contribution >= 4 is 11.6 Å². The second-order valence-corrected chi connectivity index (χ2v) is 4.25. The molecule has 96 valence electrons. The number of nitrogens with two attached hydrogens (primary N) is 1. The van der Waals surface area contributed by atoms with E-state index in [1.807, 2.05) is 12.1 Å².